The molecule has 0 spiro atoms. The maximum atomic E-state index is 11.7. The maximum absolute atomic E-state index is 11.7. The smallest absolute Gasteiger partial charge is 0.234 e. The Labute approximate surface area is 107 Å². The SMILES string of the molecule is C#CCNCC(=O)NC1CCOc2ccccc21. The monoisotopic (exact) mass is 244 g/mol. The molecule has 2 N–H and O–H groups in total. The normalized spacial score (nSPS) is 17.2. The Hall–Kier alpha value is -1.99. The average Bonchev–Trinajstić information content (AvgIpc) is 2.39. The number of carbonyl (C=O) groups is 1. The Morgan fingerprint density at radius 2 is 2.33 bits per heavy atom. The quantitative estimate of drug-likeness (QED) is 0.610. The van der Waals surface area contributed by atoms with Crippen molar-refractivity contribution in [3.63, 3.8) is 0 Å². The minimum atomic E-state index is -0.0491. The van der Waals surface area contributed by atoms with Crippen LogP contribution in [0.3, 0.4) is 0 Å². The van der Waals surface area contributed by atoms with Crippen molar-refractivity contribution in [2.24, 2.45) is 0 Å². The summed E-state index contributed by atoms with van der Waals surface area (Å²) >= 11 is 0. The van der Waals surface area contributed by atoms with E-state index in [-0.39, 0.29) is 18.5 Å². The van der Waals surface area contributed by atoms with E-state index in [1.54, 1.807) is 0 Å². The molecule has 0 radical (unpaired) electrons. The van der Waals surface area contributed by atoms with Crippen LogP contribution in [0.25, 0.3) is 0 Å². The van der Waals surface area contributed by atoms with E-state index in [0.29, 0.717) is 13.2 Å². The molecule has 0 saturated carbocycles. The van der Waals surface area contributed by atoms with E-state index in [9.17, 15) is 4.79 Å². The molecule has 0 saturated heterocycles. The number of nitrogens with one attached hydrogen (secondary N) is 2. The number of benzene rings is 1. The van der Waals surface area contributed by atoms with Gasteiger partial charge in [0.1, 0.15) is 5.75 Å². The van der Waals surface area contributed by atoms with Crippen LogP contribution >= 0.6 is 0 Å². The molecule has 1 aliphatic heterocycles. The third kappa shape index (κ3) is 3.02. The number of ether oxygens (including phenoxy) is 1. The van der Waals surface area contributed by atoms with E-state index in [1.807, 2.05) is 24.3 Å². The zero-order chi connectivity index (χ0) is 12.8. The second-order valence-corrected chi connectivity index (χ2v) is 4.10. The van der Waals surface area contributed by atoms with Gasteiger partial charge < -0.3 is 10.1 Å². The van der Waals surface area contributed by atoms with Crippen LogP contribution < -0.4 is 15.4 Å². The Bertz CT molecular complexity index is 465. The summed E-state index contributed by atoms with van der Waals surface area (Å²) in [7, 11) is 0. The van der Waals surface area contributed by atoms with Crippen molar-refractivity contribution in [3.8, 4) is 18.1 Å². The molecule has 1 aromatic carbocycles. The summed E-state index contributed by atoms with van der Waals surface area (Å²) in [5.41, 5.74) is 1.04. The highest BCUT2D eigenvalue weighted by atomic mass is 16.5. The number of carbonyl (C=O) groups excluding carboxylic acids is 1. The summed E-state index contributed by atoms with van der Waals surface area (Å²) in [4.78, 5) is 11.7. The van der Waals surface area contributed by atoms with E-state index < -0.39 is 0 Å². The molecular weight excluding hydrogens is 228 g/mol. The number of hydrogen-bond donors (Lipinski definition) is 2. The minimum Gasteiger partial charge on any atom is -0.493 e. The van der Waals surface area contributed by atoms with Crippen LogP contribution in [-0.4, -0.2) is 25.6 Å². The van der Waals surface area contributed by atoms with Crippen LogP contribution in [0.2, 0.25) is 0 Å². The first kappa shape index (κ1) is 12.5. The summed E-state index contributed by atoms with van der Waals surface area (Å²) < 4.78 is 5.54. The largest absolute Gasteiger partial charge is 0.493 e. The summed E-state index contributed by atoms with van der Waals surface area (Å²) in [6, 6.07) is 7.80. The lowest BCUT2D eigenvalue weighted by Crippen LogP contribution is -2.38. The lowest BCUT2D eigenvalue weighted by Gasteiger charge is -2.26. The molecule has 94 valence electrons. The summed E-state index contributed by atoms with van der Waals surface area (Å²) in [6.45, 7) is 1.27. The second kappa shape index (κ2) is 6.08. The van der Waals surface area contributed by atoms with E-state index in [2.05, 4.69) is 16.6 Å². The van der Waals surface area contributed by atoms with E-state index >= 15 is 0 Å². The standard InChI is InChI=1S/C14H16N2O2/c1-2-8-15-10-14(17)16-12-7-9-18-13-6-4-3-5-11(12)13/h1,3-6,12,15H,7-10H2,(H,16,17). The molecule has 18 heavy (non-hydrogen) atoms. The molecule has 4 nitrogen and oxygen atoms in total. The van der Waals surface area contributed by atoms with Crippen LogP contribution in [0.15, 0.2) is 24.3 Å². The van der Waals surface area contributed by atoms with Crippen molar-refractivity contribution < 1.29 is 9.53 Å². The highest BCUT2D eigenvalue weighted by molar-refractivity contribution is 5.78. The van der Waals surface area contributed by atoms with Crippen molar-refractivity contribution in [3.05, 3.63) is 29.8 Å². The van der Waals surface area contributed by atoms with Gasteiger partial charge in [0, 0.05) is 12.0 Å². The molecule has 4 heteroatoms. The fourth-order valence-corrected chi connectivity index (χ4v) is 1.99. The van der Waals surface area contributed by atoms with Crippen molar-refractivity contribution in [1.29, 1.82) is 0 Å². The highest BCUT2D eigenvalue weighted by Gasteiger charge is 2.22. The molecule has 1 aromatic rings. The van der Waals surface area contributed by atoms with Crippen LogP contribution in [0.1, 0.15) is 18.0 Å². The molecule has 1 heterocycles. The van der Waals surface area contributed by atoms with Crippen molar-refractivity contribution >= 4 is 5.91 Å². The minimum absolute atomic E-state index is 0.0232. The van der Waals surface area contributed by atoms with E-state index in [4.69, 9.17) is 11.2 Å². The Kier molecular flexibility index (Phi) is 4.21. The first-order valence-electron chi connectivity index (χ1n) is 5.96. The van der Waals surface area contributed by atoms with Gasteiger partial charge in [0.05, 0.1) is 25.7 Å². The Morgan fingerprint density at radius 1 is 1.50 bits per heavy atom. The molecule has 0 fully saturated rings. The predicted octanol–water partition coefficient (Wildman–Crippen LogP) is 0.849. The van der Waals surface area contributed by atoms with Gasteiger partial charge in [-0.1, -0.05) is 24.1 Å². The van der Waals surface area contributed by atoms with Crippen molar-refractivity contribution in [2.75, 3.05) is 19.7 Å². The predicted molar refractivity (Wildman–Crippen MR) is 69.1 cm³/mol. The van der Waals surface area contributed by atoms with Gasteiger partial charge in [-0.25, -0.2) is 0 Å². The van der Waals surface area contributed by atoms with Gasteiger partial charge >= 0.3 is 0 Å². The molecule has 0 aromatic heterocycles. The molecule has 1 atom stereocenters. The molecule has 1 unspecified atom stereocenters. The number of hydrogen-bond acceptors (Lipinski definition) is 3. The maximum Gasteiger partial charge on any atom is 0.234 e. The van der Waals surface area contributed by atoms with Gasteiger partial charge in [-0.05, 0) is 6.07 Å². The van der Waals surface area contributed by atoms with Crippen LogP contribution in [0.5, 0.6) is 5.75 Å². The molecule has 1 aliphatic rings. The lowest BCUT2D eigenvalue weighted by molar-refractivity contribution is -0.121. The van der Waals surface area contributed by atoms with Gasteiger partial charge in [-0.15, -0.1) is 6.42 Å². The van der Waals surface area contributed by atoms with Crippen LogP contribution in [0, 0.1) is 12.3 Å². The number of para-hydroxylation sites is 1. The summed E-state index contributed by atoms with van der Waals surface area (Å²) in [5.74, 6) is 3.23. The van der Waals surface area contributed by atoms with Gasteiger partial charge in [0.25, 0.3) is 0 Å². The highest BCUT2D eigenvalue weighted by Crippen LogP contribution is 2.31. The zero-order valence-corrected chi connectivity index (χ0v) is 10.1. The zero-order valence-electron chi connectivity index (χ0n) is 10.1. The first-order chi connectivity index (χ1) is 8.81. The Balaban J connectivity index is 1.95. The number of amides is 1. The lowest BCUT2D eigenvalue weighted by atomic mass is 10.0. The molecular formula is C14H16N2O2. The van der Waals surface area contributed by atoms with Gasteiger partial charge in [0.15, 0.2) is 0 Å². The molecule has 0 aliphatic carbocycles. The first-order valence-corrected chi connectivity index (χ1v) is 5.96. The molecule has 2 rings (SSSR count). The average molecular weight is 244 g/mol. The Morgan fingerprint density at radius 3 is 3.17 bits per heavy atom. The fourth-order valence-electron chi connectivity index (χ4n) is 1.99. The molecule has 1 amide bonds. The third-order valence-corrected chi connectivity index (χ3v) is 2.81. The third-order valence-electron chi connectivity index (χ3n) is 2.81. The van der Waals surface area contributed by atoms with E-state index in [0.717, 1.165) is 17.7 Å². The van der Waals surface area contributed by atoms with Crippen molar-refractivity contribution in [1.82, 2.24) is 10.6 Å². The molecule has 0 bridgehead atoms. The number of rotatable bonds is 4. The van der Waals surface area contributed by atoms with Crippen LogP contribution in [0.4, 0.5) is 0 Å². The van der Waals surface area contributed by atoms with Gasteiger partial charge in [-0.3, -0.25) is 10.1 Å². The fraction of sp³-hybridized carbons (Fsp3) is 0.357. The number of fused-ring (bicyclic) bond motifs is 1. The summed E-state index contributed by atoms with van der Waals surface area (Å²) in [6.07, 6.45) is 5.89. The van der Waals surface area contributed by atoms with Crippen molar-refractivity contribution in [2.45, 2.75) is 12.5 Å². The topological polar surface area (TPSA) is 50.4 Å². The van der Waals surface area contributed by atoms with E-state index in [1.165, 1.54) is 0 Å². The number of terminal acetylenes is 1. The van der Waals surface area contributed by atoms with Gasteiger partial charge in [0.2, 0.25) is 5.91 Å². The van der Waals surface area contributed by atoms with Gasteiger partial charge in [-0.2, -0.15) is 0 Å². The summed E-state index contributed by atoms with van der Waals surface area (Å²) in [5, 5.41) is 5.85. The second-order valence-electron chi connectivity index (χ2n) is 4.10. The van der Waals surface area contributed by atoms with Crippen LogP contribution in [-0.2, 0) is 4.79 Å².